The van der Waals surface area contributed by atoms with Crippen LogP contribution >= 0.6 is 11.6 Å². The maximum absolute atomic E-state index is 11.1. The average molecular weight is 248 g/mol. The zero-order valence-corrected chi connectivity index (χ0v) is 9.43. The molecule has 0 saturated heterocycles. The van der Waals surface area contributed by atoms with Crippen molar-refractivity contribution < 1.29 is 13.2 Å². The second kappa shape index (κ2) is 4.00. The molecule has 0 N–H and O–H groups in total. The van der Waals surface area contributed by atoms with E-state index in [4.69, 9.17) is 21.6 Å². The highest BCUT2D eigenvalue weighted by Gasteiger charge is 2.19. The average Bonchev–Trinajstić information content (AvgIpc) is 2.15. The Morgan fingerprint density at radius 1 is 1.47 bits per heavy atom. The molecule has 1 aromatic rings. The van der Waals surface area contributed by atoms with E-state index in [0.717, 1.165) is 6.26 Å². The van der Waals surface area contributed by atoms with Crippen LogP contribution in [-0.2, 0) is 9.84 Å². The van der Waals surface area contributed by atoms with Gasteiger partial charge in [0.2, 0.25) is 15.7 Å². The molecule has 0 radical (unpaired) electrons. The molecule has 0 saturated carbocycles. The molecule has 80 valence electrons. The number of aromatic nitrogens is 2. The van der Waals surface area contributed by atoms with Gasteiger partial charge >= 0.3 is 0 Å². The minimum absolute atomic E-state index is 0.0911. The van der Waals surface area contributed by atoms with Crippen molar-refractivity contribution in [1.82, 2.24) is 9.97 Å². The highest BCUT2D eigenvalue weighted by atomic mass is 35.5. The number of sulfone groups is 1. The van der Waals surface area contributed by atoms with Gasteiger partial charge in [0, 0.05) is 6.26 Å². The van der Waals surface area contributed by atoms with Gasteiger partial charge < -0.3 is 4.74 Å². The second-order valence-corrected chi connectivity index (χ2v) is 4.83. The molecule has 0 atom stereocenters. The zero-order valence-electron chi connectivity index (χ0n) is 7.85. The first-order valence-corrected chi connectivity index (χ1v) is 5.88. The minimum Gasteiger partial charge on any atom is -0.480 e. The second-order valence-electron chi connectivity index (χ2n) is 2.57. The van der Waals surface area contributed by atoms with Crippen LogP contribution in [0.3, 0.4) is 0 Å². The smallest absolute Gasteiger partial charge is 0.251 e. The van der Waals surface area contributed by atoms with Gasteiger partial charge in [-0.3, -0.25) is 0 Å². The first-order valence-electron chi connectivity index (χ1n) is 3.62. The van der Waals surface area contributed by atoms with Crippen LogP contribution in [0.1, 0.15) is 5.56 Å². The van der Waals surface area contributed by atoms with Crippen molar-refractivity contribution in [3.05, 3.63) is 10.7 Å². The summed E-state index contributed by atoms with van der Waals surface area (Å²) in [6.07, 6.45) is 0.935. The summed E-state index contributed by atoms with van der Waals surface area (Å²) in [5.74, 6) is -0.155. The van der Waals surface area contributed by atoms with Crippen LogP contribution in [-0.4, -0.2) is 31.8 Å². The fourth-order valence-electron chi connectivity index (χ4n) is 0.803. The molecule has 1 heterocycles. The molecule has 1 rings (SSSR count). The van der Waals surface area contributed by atoms with E-state index in [0.29, 0.717) is 0 Å². The van der Waals surface area contributed by atoms with Crippen LogP contribution in [0.25, 0.3) is 0 Å². The third-order valence-corrected chi connectivity index (χ3v) is 2.57. The lowest BCUT2D eigenvalue weighted by Gasteiger charge is -2.04. The summed E-state index contributed by atoms with van der Waals surface area (Å²) in [4.78, 5) is 7.05. The van der Waals surface area contributed by atoms with Gasteiger partial charge in [-0.05, 0) is 0 Å². The molecule has 0 aliphatic heterocycles. The Morgan fingerprint density at radius 2 is 2.07 bits per heavy atom. The van der Waals surface area contributed by atoms with Gasteiger partial charge in [0.25, 0.3) is 5.16 Å². The van der Waals surface area contributed by atoms with Crippen LogP contribution in [0.15, 0.2) is 5.16 Å². The number of ether oxygens (including phenoxy) is 1. The summed E-state index contributed by atoms with van der Waals surface area (Å²) in [5, 5.41) is 7.97. The molecule has 0 unspecified atom stereocenters. The van der Waals surface area contributed by atoms with Crippen molar-refractivity contribution in [3.8, 4) is 11.9 Å². The van der Waals surface area contributed by atoms with Crippen LogP contribution < -0.4 is 4.74 Å². The molecule has 0 aliphatic rings. The monoisotopic (exact) mass is 247 g/mol. The van der Waals surface area contributed by atoms with E-state index in [9.17, 15) is 8.42 Å². The van der Waals surface area contributed by atoms with Gasteiger partial charge in [-0.25, -0.2) is 13.4 Å². The topological polar surface area (TPSA) is 92.9 Å². The molecule has 0 fully saturated rings. The summed E-state index contributed by atoms with van der Waals surface area (Å²) in [7, 11) is -2.32. The Labute approximate surface area is 91.4 Å². The number of nitrogens with zero attached hydrogens (tertiary/aromatic N) is 3. The molecule has 0 aliphatic carbocycles. The molecule has 0 amide bonds. The number of rotatable bonds is 2. The van der Waals surface area contributed by atoms with Crippen LogP contribution in [0.2, 0.25) is 5.15 Å². The summed E-state index contributed by atoms with van der Waals surface area (Å²) >= 11 is 5.60. The van der Waals surface area contributed by atoms with Crippen molar-refractivity contribution >= 4 is 21.4 Å². The molecular weight excluding hydrogens is 242 g/mol. The summed E-state index contributed by atoms with van der Waals surface area (Å²) in [5.41, 5.74) is -0.0911. The van der Waals surface area contributed by atoms with Crippen LogP contribution in [0, 0.1) is 11.3 Å². The Kier molecular flexibility index (Phi) is 3.12. The number of nitriles is 1. The lowest BCUT2D eigenvalue weighted by molar-refractivity contribution is 0.390. The van der Waals surface area contributed by atoms with Gasteiger partial charge in [-0.15, -0.1) is 0 Å². The number of halogens is 1. The standard InChI is InChI=1S/C7H6ClN3O3S/c1-14-6-4(3-9)5(8)10-7(11-6)15(2,12)13/h1-2H3. The quantitative estimate of drug-likeness (QED) is 0.555. The van der Waals surface area contributed by atoms with Crippen LogP contribution in [0.4, 0.5) is 0 Å². The summed E-state index contributed by atoms with van der Waals surface area (Å²) in [6.45, 7) is 0. The Bertz CT molecular complexity index is 535. The van der Waals surface area contributed by atoms with E-state index >= 15 is 0 Å². The van der Waals surface area contributed by atoms with E-state index in [-0.39, 0.29) is 16.6 Å². The zero-order chi connectivity index (χ0) is 11.6. The Hall–Kier alpha value is -1.39. The molecule has 0 bridgehead atoms. The van der Waals surface area contributed by atoms with E-state index in [2.05, 4.69) is 9.97 Å². The Balaban J connectivity index is 3.54. The summed E-state index contributed by atoms with van der Waals surface area (Å²) < 4.78 is 27.0. The maximum atomic E-state index is 11.1. The third kappa shape index (κ3) is 2.34. The predicted molar refractivity (Wildman–Crippen MR) is 51.4 cm³/mol. The van der Waals surface area contributed by atoms with Crippen molar-refractivity contribution in [2.45, 2.75) is 5.16 Å². The largest absolute Gasteiger partial charge is 0.480 e. The molecule has 6 nitrogen and oxygen atoms in total. The van der Waals surface area contributed by atoms with Crippen LogP contribution in [0.5, 0.6) is 5.88 Å². The molecule has 0 aromatic carbocycles. The number of hydrogen-bond acceptors (Lipinski definition) is 6. The summed E-state index contributed by atoms with van der Waals surface area (Å²) in [6, 6.07) is 1.72. The third-order valence-electron chi connectivity index (χ3n) is 1.45. The van der Waals surface area contributed by atoms with Crippen molar-refractivity contribution in [3.63, 3.8) is 0 Å². The minimum atomic E-state index is -3.58. The fraction of sp³-hybridized carbons (Fsp3) is 0.286. The first-order chi connectivity index (χ1) is 6.90. The van der Waals surface area contributed by atoms with E-state index < -0.39 is 15.0 Å². The number of methoxy groups -OCH3 is 1. The van der Waals surface area contributed by atoms with Crippen molar-refractivity contribution in [2.24, 2.45) is 0 Å². The van der Waals surface area contributed by atoms with Gasteiger partial charge in [-0.1, -0.05) is 11.6 Å². The SMILES string of the molecule is COc1nc(S(C)(=O)=O)nc(Cl)c1C#N. The molecular formula is C7H6ClN3O3S. The van der Waals surface area contributed by atoms with Gasteiger partial charge in [-0.2, -0.15) is 10.2 Å². The lowest BCUT2D eigenvalue weighted by atomic mass is 10.4. The van der Waals surface area contributed by atoms with E-state index in [1.54, 1.807) is 6.07 Å². The molecule has 15 heavy (non-hydrogen) atoms. The highest BCUT2D eigenvalue weighted by Crippen LogP contribution is 2.23. The lowest BCUT2D eigenvalue weighted by Crippen LogP contribution is -2.07. The van der Waals surface area contributed by atoms with E-state index in [1.165, 1.54) is 7.11 Å². The van der Waals surface area contributed by atoms with Crippen molar-refractivity contribution in [1.29, 1.82) is 5.26 Å². The van der Waals surface area contributed by atoms with Crippen molar-refractivity contribution in [2.75, 3.05) is 13.4 Å². The fourth-order valence-corrected chi connectivity index (χ4v) is 1.56. The van der Waals surface area contributed by atoms with Gasteiger partial charge in [0.05, 0.1) is 7.11 Å². The van der Waals surface area contributed by atoms with Gasteiger partial charge in [0.15, 0.2) is 10.7 Å². The van der Waals surface area contributed by atoms with E-state index in [1.807, 2.05) is 0 Å². The maximum Gasteiger partial charge on any atom is 0.251 e. The molecule has 0 spiro atoms. The molecule has 1 aromatic heterocycles. The number of hydrogen-bond donors (Lipinski definition) is 0. The normalized spacial score (nSPS) is 10.8. The highest BCUT2D eigenvalue weighted by molar-refractivity contribution is 7.90. The Morgan fingerprint density at radius 3 is 2.47 bits per heavy atom. The predicted octanol–water partition coefficient (Wildman–Crippen LogP) is 0.414. The first kappa shape index (κ1) is 11.7. The van der Waals surface area contributed by atoms with Gasteiger partial charge in [0.1, 0.15) is 6.07 Å². The molecule has 8 heteroatoms.